The Bertz CT molecular complexity index is 822. The molecule has 0 spiro atoms. The number of carbonyl (C=O) groups is 2. The normalized spacial score (nSPS) is 33.0. The van der Waals surface area contributed by atoms with Gasteiger partial charge in [0.25, 0.3) is 5.91 Å². The predicted molar refractivity (Wildman–Crippen MR) is 98.1 cm³/mol. The lowest BCUT2D eigenvalue weighted by atomic mass is 9.74. The van der Waals surface area contributed by atoms with Crippen LogP contribution >= 0.6 is 11.6 Å². The van der Waals surface area contributed by atoms with Crippen molar-refractivity contribution < 1.29 is 24.5 Å². The van der Waals surface area contributed by atoms with Gasteiger partial charge in [0.05, 0.1) is 24.1 Å². The highest BCUT2D eigenvalue weighted by Gasteiger charge is 2.53. The predicted octanol–water partition coefficient (Wildman–Crippen LogP) is 2.14. The van der Waals surface area contributed by atoms with Crippen molar-refractivity contribution in [1.29, 1.82) is 0 Å². The molecule has 1 saturated carbocycles. The van der Waals surface area contributed by atoms with Crippen molar-refractivity contribution in [3.05, 3.63) is 41.2 Å². The zero-order valence-corrected chi connectivity index (χ0v) is 15.7. The van der Waals surface area contributed by atoms with Crippen LogP contribution in [0.15, 0.2) is 35.6 Å². The highest BCUT2D eigenvalue weighted by molar-refractivity contribution is 6.21. The van der Waals surface area contributed by atoms with E-state index in [-0.39, 0.29) is 59.7 Å². The molecule has 0 saturated heterocycles. The Labute approximate surface area is 162 Å². The number of rotatable bonds is 3. The molecule has 1 amide bonds. The van der Waals surface area contributed by atoms with Crippen LogP contribution in [0.3, 0.4) is 0 Å². The molecule has 6 nitrogen and oxygen atoms in total. The highest BCUT2D eigenvalue weighted by atomic mass is 35.5. The molecule has 0 aromatic heterocycles. The zero-order valence-electron chi connectivity index (χ0n) is 15.0. The van der Waals surface area contributed by atoms with E-state index in [9.17, 15) is 19.8 Å². The van der Waals surface area contributed by atoms with Gasteiger partial charge < -0.3 is 19.8 Å². The van der Waals surface area contributed by atoms with Crippen molar-refractivity contribution in [2.75, 3.05) is 13.2 Å². The summed E-state index contributed by atoms with van der Waals surface area (Å²) >= 11 is 6.41. The molecule has 5 atom stereocenters. The number of benzene rings is 1. The van der Waals surface area contributed by atoms with E-state index in [4.69, 9.17) is 16.3 Å². The summed E-state index contributed by atoms with van der Waals surface area (Å²) in [4.78, 5) is 27.8. The summed E-state index contributed by atoms with van der Waals surface area (Å²) < 4.78 is 6.04. The van der Waals surface area contributed by atoms with Crippen LogP contribution in [0.1, 0.15) is 31.4 Å². The molecule has 2 heterocycles. The van der Waals surface area contributed by atoms with Gasteiger partial charge in [-0.05, 0) is 36.5 Å². The number of aliphatic hydroxyl groups excluding tert-OH is 1. The Kier molecular flexibility index (Phi) is 4.64. The van der Waals surface area contributed by atoms with Gasteiger partial charge in [-0.25, -0.2) is 0 Å². The third kappa shape index (κ3) is 2.91. The number of ether oxygens (including phenoxy) is 1. The molecular weight excluding hydrogens is 370 g/mol. The van der Waals surface area contributed by atoms with Crippen molar-refractivity contribution in [2.24, 2.45) is 11.8 Å². The Morgan fingerprint density at radius 3 is 2.78 bits per heavy atom. The number of hydrogen-bond acceptors (Lipinski definition) is 5. The number of ketones is 1. The first kappa shape index (κ1) is 18.3. The fraction of sp³-hybridized carbons (Fsp3) is 0.500. The number of β-amino-alcohol motifs (C(OH)–C–C–N with tert-alkyl or cyclic N) is 1. The monoisotopic (exact) mass is 391 g/mol. The minimum atomic E-state index is -0.673. The number of aliphatic hydroxyl groups is 1. The lowest BCUT2D eigenvalue weighted by Gasteiger charge is -2.40. The molecule has 5 unspecified atom stereocenters. The van der Waals surface area contributed by atoms with E-state index in [1.54, 1.807) is 12.1 Å². The number of fused-ring (bicyclic) bond motifs is 1. The molecule has 2 aliphatic heterocycles. The van der Waals surface area contributed by atoms with Crippen molar-refractivity contribution in [2.45, 2.75) is 37.3 Å². The first-order chi connectivity index (χ1) is 12.9. The lowest BCUT2D eigenvalue weighted by molar-refractivity contribution is -0.136. The maximum Gasteiger partial charge on any atom is 0.290 e. The second-order valence-electron chi connectivity index (χ2n) is 7.55. The number of phenolic OH excluding ortho intramolecular Hbond substituents is 1. The molecule has 0 radical (unpaired) electrons. The van der Waals surface area contributed by atoms with Gasteiger partial charge in [-0.15, -0.1) is 11.6 Å². The number of nitrogens with zero attached hydrogens (tertiary/aromatic N) is 1. The number of amides is 1. The summed E-state index contributed by atoms with van der Waals surface area (Å²) in [5.74, 6) is -0.532. The second kappa shape index (κ2) is 6.84. The average Bonchev–Trinajstić information content (AvgIpc) is 2.90. The molecule has 1 fully saturated rings. The summed E-state index contributed by atoms with van der Waals surface area (Å²) in [6.07, 6.45) is 0.805. The standard InChI is InChI=1S/C20H22ClNO5/c1-10-7-15-13(9-14(10)21)18(25)16-17(11-3-2-4-12(24)8-11)22(5-6-23)20(26)19(16)27-15/h2-4,8,10,13-15,17,23-24H,5-7,9H2,1H3. The maximum atomic E-state index is 13.4. The topological polar surface area (TPSA) is 87.1 Å². The van der Waals surface area contributed by atoms with Crippen LogP contribution in [-0.4, -0.2) is 51.4 Å². The third-order valence-corrected chi connectivity index (χ3v) is 6.44. The van der Waals surface area contributed by atoms with Crippen molar-refractivity contribution in [3.63, 3.8) is 0 Å². The number of halogens is 1. The second-order valence-corrected chi connectivity index (χ2v) is 8.11. The molecule has 3 aliphatic rings. The van der Waals surface area contributed by atoms with Gasteiger partial charge in [-0.1, -0.05) is 19.1 Å². The van der Waals surface area contributed by atoms with Crippen molar-refractivity contribution in [3.8, 4) is 5.75 Å². The van der Waals surface area contributed by atoms with Gasteiger partial charge in [-0.2, -0.15) is 0 Å². The third-order valence-electron chi connectivity index (χ3n) is 5.83. The van der Waals surface area contributed by atoms with Gasteiger partial charge in [0.2, 0.25) is 0 Å². The number of carbonyl (C=O) groups excluding carboxylic acids is 2. The van der Waals surface area contributed by atoms with E-state index in [0.29, 0.717) is 24.0 Å². The number of alkyl halides is 1. The van der Waals surface area contributed by atoms with Crippen molar-refractivity contribution in [1.82, 2.24) is 4.90 Å². The quantitative estimate of drug-likeness (QED) is 0.771. The van der Waals surface area contributed by atoms with Crippen LogP contribution in [0.2, 0.25) is 0 Å². The van der Waals surface area contributed by atoms with Crippen LogP contribution in [0, 0.1) is 11.8 Å². The van der Waals surface area contributed by atoms with E-state index in [1.807, 2.05) is 6.92 Å². The molecule has 2 N–H and O–H groups in total. The van der Waals surface area contributed by atoms with Gasteiger partial charge in [-0.3, -0.25) is 9.59 Å². The number of Topliss-reactive ketones (excluding diaryl/α,β-unsaturated/α-hetero) is 1. The molecule has 144 valence electrons. The molecule has 1 aromatic carbocycles. The lowest BCUT2D eigenvalue weighted by Crippen LogP contribution is -2.44. The largest absolute Gasteiger partial charge is 0.508 e. The Morgan fingerprint density at radius 1 is 1.30 bits per heavy atom. The number of hydrogen-bond donors (Lipinski definition) is 2. The van der Waals surface area contributed by atoms with E-state index in [2.05, 4.69) is 0 Å². The van der Waals surface area contributed by atoms with Crippen LogP contribution in [0.5, 0.6) is 5.75 Å². The SMILES string of the molecule is CC1CC2OC3=C(C(=O)C2CC1Cl)C(c1cccc(O)c1)N(CCO)C3=O. The van der Waals surface area contributed by atoms with E-state index < -0.39 is 6.04 Å². The Balaban J connectivity index is 1.78. The number of aromatic hydroxyl groups is 1. The average molecular weight is 392 g/mol. The van der Waals surface area contributed by atoms with Crippen LogP contribution in [0.25, 0.3) is 0 Å². The summed E-state index contributed by atoms with van der Waals surface area (Å²) in [7, 11) is 0. The smallest absolute Gasteiger partial charge is 0.290 e. The van der Waals surface area contributed by atoms with Gasteiger partial charge in [0.1, 0.15) is 11.9 Å². The van der Waals surface area contributed by atoms with Crippen LogP contribution in [-0.2, 0) is 14.3 Å². The summed E-state index contributed by atoms with van der Waals surface area (Å²) in [5.41, 5.74) is 0.933. The fourth-order valence-electron chi connectivity index (χ4n) is 4.45. The van der Waals surface area contributed by atoms with E-state index in [0.717, 1.165) is 0 Å². The first-order valence-corrected chi connectivity index (χ1v) is 9.65. The van der Waals surface area contributed by atoms with Crippen LogP contribution in [0.4, 0.5) is 0 Å². The minimum absolute atomic E-state index is 0.0484. The molecule has 4 rings (SSSR count). The molecule has 7 heteroatoms. The molecule has 27 heavy (non-hydrogen) atoms. The molecule has 1 aliphatic carbocycles. The van der Waals surface area contributed by atoms with E-state index >= 15 is 0 Å². The van der Waals surface area contributed by atoms with Gasteiger partial charge in [0.15, 0.2) is 11.5 Å². The maximum absolute atomic E-state index is 13.4. The van der Waals surface area contributed by atoms with Gasteiger partial charge in [0, 0.05) is 11.9 Å². The van der Waals surface area contributed by atoms with Crippen LogP contribution < -0.4 is 0 Å². The molecule has 1 aromatic rings. The molecular formula is C20H22ClNO5. The van der Waals surface area contributed by atoms with E-state index in [1.165, 1.54) is 17.0 Å². The zero-order chi connectivity index (χ0) is 19.3. The number of phenols is 1. The highest BCUT2D eigenvalue weighted by Crippen LogP contribution is 2.48. The summed E-state index contributed by atoms with van der Waals surface area (Å²) in [6, 6.07) is 5.81. The Morgan fingerprint density at radius 2 is 2.07 bits per heavy atom. The fourth-order valence-corrected chi connectivity index (χ4v) is 4.74. The van der Waals surface area contributed by atoms with Gasteiger partial charge >= 0.3 is 0 Å². The van der Waals surface area contributed by atoms with Crippen molar-refractivity contribution >= 4 is 23.3 Å². The Hall–Kier alpha value is -2.05. The summed E-state index contributed by atoms with van der Waals surface area (Å²) in [5, 5.41) is 19.2. The summed E-state index contributed by atoms with van der Waals surface area (Å²) in [6.45, 7) is 1.87. The molecule has 0 bridgehead atoms. The first-order valence-electron chi connectivity index (χ1n) is 9.22. The minimum Gasteiger partial charge on any atom is -0.508 e.